The molecule has 114 valence electrons. The van der Waals surface area contributed by atoms with Gasteiger partial charge in [-0.1, -0.05) is 48.5 Å². The number of hydrogen-bond donors (Lipinski definition) is 2. The fourth-order valence-electron chi connectivity index (χ4n) is 2.54. The van der Waals surface area contributed by atoms with Crippen molar-refractivity contribution in [2.75, 3.05) is 12.4 Å². The highest BCUT2D eigenvalue weighted by molar-refractivity contribution is 6.14. The van der Waals surface area contributed by atoms with Crippen LogP contribution in [0.25, 0.3) is 10.8 Å². The van der Waals surface area contributed by atoms with Crippen molar-refractivity contribution in [2.45, 2.75) is 0 Å². The summed E-state index contributed by atoms with van der Waals surface area (Å²) in [7, 11) is 1.56. The molecule has 4 heteroatoms. The zero-order chi connectivity index (χ0) is 16.2. The van der Waals surface area contributed by atoms with Crippen LogP contribution in [0.4, 0.5) is 5.69 Å². The lowest BCUT2D eigenvalue weighted by Gasteiger charge is -2.11. The van der Waals surface area contributed by atoms with E-state index in [1.807, 2.05) is 36.4 Å². The van der Waals surface area contributed by atoms with Crippen LogP contribution in [0, 0.1) is 0 Å². The van der Waals surface area contributed by atoms with E-state index < -0.39 is 0 Å². The highest BCUT2D eigenvalue weighted by Crippen LogP contribution is 2.21. The van der Waals surface area contributed by atoms with Crippen molar-refractivity contribution in [1.29, 1.82) is 0 Å². The summed E-state index contributed by atoms with van der Waals surface area (Å²) >= 11 is 0. The molecule has 0 heterocycles. The molecule has 0 saturated carbocycles. The lowest BCUT2D eigenvalue weighted by Crippen LogP contribution is -2.21. The van der Waals surface area contributed by atoms with E-state index in [4.69, 9.17) is 0 Å². The van der Waals surface area contributed by atoms with Gasteiger partial charge in [-0.05, 0) is 29.0 Å². The zero-order valence-corrected chi connectivity index (χ0v) is 12.7. The third-order valence-corrected chi connectivity index (χ3v) is 3.68. The quantitative estimate of drug-likeness (QED) is 0.778. The predicted molar refractivity (Wildman–Crippen MR) is 91.7 cm³/mol. The highest BCUT2D eigenvalue weighted by Gasteiger charge is 2.14. The SMILES string of the molecule is CNC(=O)c1ccccc1NC(=O)c1cccc2ccccc12. The summed E-state index contributed by atoms with van der Waals surface area (Å²) in [6, 6.07) is 20.2. The number of anilines is 1. The molecule has 0 aliphatic rings. The molecule has 0 atom stereocenters. The topological polar surface area (TPSA) is 58.2 Å². The summed E-state index contributed by atoms with van der Waals surface area (Å²) in [6.07, 6.45) is 0. The van der Waals surface area contributed by atoms with Gasteiger partial charge >= 0.3 is 0 Å². The van der Waals surface area contributed by atoms with E-state index in [0.29, 0.717) is 16.8 Å². The van der Waals surface area contributed by atoms with E-state index >= 15 is 0 Å². The summed E-state index contributed by atoms with van der Waals surface area (Å²) in [6.45, 7) is 0. The second-order valence-corrected chi connectivity index (χ2v) is 5.11. The molecule has 0 aliphatic heterocycles. The van der Waals surface area contributed by atoms with Crippen LogP contribution in [0.1, 0.15) is 20.7 Å². The van der Waals surface area contributed by atoms with Crippen molar-refractivity contribution >= 4 is 28.3 Å². The van der Waals surface area contributed by atoms with Crippen LogP contribution in [-0.2, 0) is 0 Å². The molecule has 0 spiro atoms. The molecule has 3 aromatic rings. The predicted octanol–water partition coefficient (Wildman–Crippen LogP) is 3.45. The number of carbonyl (C=O) groups is 2. The summed E-state index contributed by atoms with van der Waals surface area (Å²) in [5.41, 5.74) is 1.50. The third kappa shape index (κ3) is 2.92. The fourth-order valence-corrected chi connectivity index (χ4v) is 2.54. The lowest BCUT2D eigenvalue weighted by atomic mass is 10.0. The summed E-state index contributed by atoms with van der Waals surface area (Å²) in [5.74, 6) is -0.475. The standard InChI is InChI=1S/C19H16N2O2/c1-20-18(22)16-10-4-5-12-17(16)21-19(23)15-11-6-8-13-7-2-3-9-14(13)15/h2-12H,1H3,(H,20,22)(H,21,23). The van der Waals surface area contributed by atoms with E-state index in [0.717, 1.165) is 10.8 Å². The van der Waals surface area contributed by atoms with Crippen LogP contribution < -0.4 is 10.6 Å². The summed E-state index contributed by atoms with van der Waals surface area (Å²) in [4.78, 5) is 24.6. The Morgan fingerprint density at radius 1 is 0.739 bits per heavy atom. The van der Waals surface area contributed by atoms with Gasteiger partial charge in [-0.2, -0.15) is 0 Å². The van der Waals surface area contributed by atoms with Crippen molar-refractivity contribution in [1.82, 2.24) is 5.32 Å². The Balaban J connectivity index is 1.98. The average molecular weight is 304 g/mol. The van der Waals surface area contributed by atoms with Crippen LogP contribution in [0.15, 0.2) is 66.7 Å². The van der Waals surface area contributed by atoms with Crippen molar-refractivity contribution in [3.63, 3.8) is 0 Å². The Morgan fingerprint density at radius 3 is 2.22 bits per heavy atom. The van der Waals surface area contributed by atoms with Crippen molar-refractivity contribution in [3.05, 3.63) is 77.9 Å². The Morgan fingerprint density at radius 2 is 1.39 bits per heavy atom. The first-order chi connectivity index (χ1) is 11.2. The molecule has 23 heavy (non-hydrogen) atoms. The van der Waals surface area contributed by atoms with Crippen LogP contribution in [0.3, 0.4) is 0 Å². The molecule has 0 fully saturated rings. The molecule has 4 nitrogen and oxygen atoms in total. The molecule has 0 saturated heterocycles. The van der Waals surface area contributed by atoms with Gasteiger partial charge in [0, 0.05) is 12.6 Å². The van der Waals surface area contributed by atoms with Gasteiger partial charge in [0.15, 0.2) is 0 Å². The number of hydrogen-bond acceptors (Lipinski definition) is 2. The minimum Gasteiger partial charge on any atom is -0.355 e. The zero-order valence-electron chi connectivity index (χ0n) is 12.7. The van der Waals surface area contributed by atoms with Crippen LogP contribution in [-0.4, -0.2) is 18.9 Å². The maximum absolute atomic E-state index is 12.6. The number of para-hydroxylation sites is 1. The minimum atomic E-state index is -0.238. The Hall–Kier alpha value is -3.14. The van der Waals surface area contributed by atoms with Gasteiger partial charge in [0.2, 0.25) is 0 Å². The van der Waals surface area contributed by atoms with Crippen LogP contribution in [0.2, 0.25) is 0 Å². The molecule has 2 amide bonds. The van der Waals surface area contributed by atoms with Gasteiger partial charge in [-0.3, -0.25) is 9.59 Å². The summed E-state index contributed by atoms with van der Waals surface area (Å²) < 4.78 is 0. The number of nitrogens with one attached hydrogen (secondary N) is 2. The van der Waals surface area contributed by atoms with Gasteiger partial charge in [0.05, 0.1) is 11.3 Å². The molecule has 3 aromatic carbocycles. The third-order valence-electron chi connectivity index (χ3n) is 3.68. The van der Waals surface area contributed by atoms with E-state index in [2.05, 4.69) is 10.6 Å². The molecular weight excluding hydrogens is 288 g/mol. The average Bonchev–Trinajstić information content (AvgIpc) is 2.61. The smallest absolute Gasteiger partial charge is 0.256 e. The molecule has 0 aliphatic carbocycles. The van der Waals surface area contributed by atoms with Crippen LogP contribution >= 0.6 is 0 Å². The Kier molecular flexibility index (Phi) is 4.06. The van der Waals surface area contributed by atoms with E-state index in [9.17, 15) is 9.59 Å². The van der Waals surface area contributed by atoms with Gasteiger partial charge in [0.1, 0.15) is 0 Å². The number of amides is 2. The Labute approximate surface area is 134 Å². The number of benzene rings is 3. The first-order valence-corrected chi connectivity index (χ1v) is 7.31. The Bertz CT molecular complexity index is 882. The maximum Gasteiger partial charge on any atom is 0.256 e. The van der Waals surface area contributed by atoms with Gasteiger partial charge in [-0.15, -0.1) is 0 Å². The van der Waals surface area contributed by atoms with E-state index in [-0.39, 0.29) is 11.8 Å². The van der Waals surface area contributed by atoms with Crippen molar-refractivity contribution in [2.24, 2.45) is 0 Å². The molecule has 2 N–H and O–H groups in total. The second kappa shape index (κ2) is 6.32. The molecule has 0 unspecified atom stereocenters. The van der Waals surface area contributed by atoms with Crippen LogP contribution in [0.5, 0.6) is 0 Å². The molecule has 0 aromatic heterocycles. The van der Waals surface area contributed by atoms with Crippen molar-refractivity contribution < 1.29 is 9.59 Å². The highest BCUT2D eigenvalue weighted by atomic mass is 16.2. The molecule has 3 rings (SSSR count). The second-order valence-electron chi connectivity index (χ2n) is 5.11. The van der Waals surface area contributed by atoms with Gasteiger partial charge in [-0.25, -0.2) is 0 Å². The lowest BCUT2D eigenvalue weighted by molar-refractivity contribution is 0.0964. The normalized spacial score (nSPS) is 10.3. The van der Waals surface area contributed by atoms with Gasteiger partial charge in [0.25, 0.3) is 11.8 Å². The number of carbonyl (C=O) groups excluding carboxylic acids is 2. The number of rotatable bonds is 3. The largest absolute Gasteiger partial charge is 0.355 e. The van der Waals surface area contributed by atoms with E-state index in [1.165, 1.54) is 0 Å². The molecule has 0 radical (unpaired) electrons. The minimum absolute atomic E-state index is 0.237. The monoisotopic (exact) mass is 304 g/mol. The first-order valence-electron chi connectivity index (χ1n) is 7.31. The molecule has 0 bridgehead atoms. The van der Waals surface area contributed by atoms with Gasteiger partial charge < -0.3 is 10.6 Å². The van der Waals surface area contributed by atoms with Crippen molar-refractivity contribution in [3.8, 4) is 0 Å². The number of fused-ring (bicyclic) bond motifs is 1. The summed E-state index contributed by atoms with van der Waals surface area (Å²) in [5, 5.41) is 7.29. The maximum atomic E-state index is 12.6. The van der Waals surface area contributed by atoms with E-state index in [1.54, 1.807) is 37.4 Å². The fraction of sp³-hybridized carbons (Fsp3) is 0.0526. The molecular formula is C19H16N2O2. The first kappa shape index (κ1) is 14.8.